The van der Waals surface area contributed by atoms with Crippen molar-refractivity contribution < 1.29 is 29.7 Å². The molecule has 0 fully saturated rings. The fourth-order valence-electron chi connectivity index (χ4n) is 2.31. The molecule has 0 aliphatic rings. The fourth-order valence-corrected chi connectivity index (χ4v) is 2.31. The van der Waals surface area contributed by atoms with Gasteiger partial charge in [0.1, 0.15) is 11.6 Å². The van der Waals surface area contributed by atoms with Crippen molar-refractivity contribution in [3.8, 4) is 11.3 Å². The van der Waals surface area contributed by atoms with E-state index in [4.69, 9.17) is 0 Å². The molecule has 3 rings (SSSR count). The van der Waals surface area contributed by atoms with E-state index >= 15 is 0 Å². The predicted molar refractivity (Wildman–Crippen MR) is 96.7 cm³/mol. The van der Waals surface area contributed by atoms with Crippen LogP contribution in [0.3, 0.4) is 0 Å². The Morgan fingerprint density at radius 2 is 1.64 bits per heavy atom. The van der Waals surface area contributed by atoms with Gasteiger partial charge in [-0.1, -0.05) is 37.3 Å². The predicted octanol–water partition coefficient (Wildman–Crippen LogP) is 4.56. The van der Waals surface area contributed by atoms with E-state index in [-0.39, 0.29) is 38.1 Å². The Kier molecular flexibility index (Phi) is 8.33. The van der Waals surface area contributed by atoms with Gasteiger partial charge in [0.25, 0.3) is 0 Å². The Balaban J connectivity index is 0.000000339. The number of hydrogen-bond donors (Lipinski definition) is 0. The van der Waals surface area contributed by atoms with Crippen molar-refractivity contribution >= 4 is 22.3 Å². The van der Waals surface area contributed by atoms with Crippen LogP contribution >= 0.6 is 0 Å². The zero-order chi connectivity index (χ0) is 17.5. The van der Waals surface area contributed by atoms with Crippen molar-refractivity contribution in [1.29, 1.82) is 0 Å². The average Bonchev–Trinajstić information content (AvgIpc) is 2.54. The van der Waals surface area contributed by atoms with Crippen LogP contribution in [-0.4, -0.2) is 16.6 Å². The summed E-state index contributed by atoms with van der Waals surface area (Å²) in [5, 5.41) is 2.39. The van der Waals surface area contributed by atoms with Crippen LogP contribution in [0.1, 0.15) is 25.8 Å². The third-order valence-corrected chi connectivity index (χ3v) is 3.36. The summed E-state index contributed by atoms with van der Waals surface area (Å²) in [6.45, 7) is 4.89. The molecule has 0 N–H and O–H groups in total. The van der Waals surface area contributed by atoms with E-state index in [1.807, 2.05) is 30.5 Å². The van der Waals surface area contributed by atoms with Crippen molar-refractivity contribution in [2.24, 2.45) is 0 Å². The Morgan fingerprint density at radius 3 is 2.20 bits per heavy atom. The smallest absolute Gasteiger partial charge is 0.137 e. The summed E-state index contributed by atoms with van der Waals surface area (Å²) < 4.78 is 0. The molecule has 131 valence electrons. The van der Waals surface area contributed by atoms with E-state index < -0.39 is 0 Å². The summed E-state index contributed by atoms with van der Waals surface area (Å²) in [5.74, 6) is -0.125. The molecule has 4 heteroatoms. The monoisotopic (exact) mass is 511 g/mol. The normalized spacial score (nSPS) is 9.56. The molecule has 0 amide bonds. The van der Waals surface area contributed by atoms with Gasteiger partial charge in [0.05, 0.1) is 6.42 Å². The van der Waals surface area contributed by atoms with Crippen molar-refractivity contribution in [2.45, 2.75) is 27.2 Å². The van der Waals surface area contributed by atoms with Gasteiger partial charge in [-0.25, -0.2) is 0 Å². The van der Waals surface area contributed by atoms with Gasteiger partial charge in [0.2, 0.25) is 0 Å². The first kappa shape index (κ1) is 20.9. The van der Waals surface area contributed by atoms with Crippen molar-refractivity contribution in [1.82, 2.24) is 4.98 Å². The largest absolute Gasteiger partial charge is 0.304 e. The molecule has 0 unspecified atom stereocenters. The molecule has 0 saturated carbocycles. The van der Waals surface area contributed by atoms with Crippen molar-refractivity contribution in [3.05, 3.63) is 66.4 Å². The molecule has 1 radical (unpaired) electrons. The Labute approximate surface area is 161 Å². The zero-order valence-corrected chi connectivity index (χ0v) is 16.9. The van der Waals surface area contributed by atoms with E-state index in [0.717, 1.165) is 11.3 Å². The zero-order valence-electron chi connectivity index (χ0n) is 14.5. The van der Waals surface area contributed by atoms with Crippen LogP contribution in [0.5, 0.6) is 0 Å². The van der Waals surface area contributed by atoms with E-state index in [9.17, 15) is 9.59 Å². The van der Waals surface area contributed by atoms with Crippen molar-refractivity contribution in [3.63, 3.8) is 0 Å². The molecule has 25 heavy (non-hydrogen) atoms. The SMILES string of the molecule is CC(=O)CC(C)=O.Cc1cc[c-]c(-c2cc3ccccc3cn2)c1.[Ir]. The summed E-state index contributed by atoms with van der Waals surface area (Å²) in [4.78, 5) is 24.6. The van der Waals surface area contributed by atoms with Gasteiger partial charge < -0.3 is 4.98 Å². The second-order valence-electron chi connectivity index (χ2n) is 5.78. The molecule has 0 atom stereocenters. The number of aromatic nitrogens is 1. The first-order valence-electron chi connectivity index (χ1n) is 7.78. The topological polar surface area (TPSA) is 47.0 Å². The third kappa shape index (κ3) is 6.69. The number of fused-ring (bicyclic) bond motifs is 1. The minimum absolute atomic E-state index is 0. The number of aryl methyl sites for hydroxylation is 1. The van der Waals surface area contributed by atoms with Gasteiger partial charge in [-0.2, -0.15) is 0 Å². The summed E-state index contributed by atoms with van der Waals surface area (Å²) >= 11 is 0. The molecule has 1 heterocycles. The molecule has 3 nitrogen and oxygen atoms in total. The first-order valence-corrected chi connectivity index (χ1v) is 7.78. The average molecular weight is 511 g/mol. The molecule has 3 aromatic rings. The molecular formula is C21H20IrNO2-. The van der Waals surface area contributed by atoms with Gasteiger partial charge >= 0.3 is 0 Å². The minimum atomic E-state index is -0.0625. The minimum Gasteiger partial charge on any atom is -0.304 e. The van der Waals surface area contributed by atoms with Gasteiger partial charge in [-0.05, 0) is 30.3 Å². The van der Waals surface area contributed by atoms with Crippen LogP contribution in [0.2, 0.25) is 0 Å². The molecule has 0 bridgehead atoms. The number of pyridine rings is 1. The number of carbonyl (C=O) groups is 2. The standard InChI is InChI=1S/C16H12N.C5H8O2.Ir/c1-12-5-4-8-14(9-12)16-10-13-6-2-3-7-15(13)11-17-16;1-4(6)3-5(2)7;/h2-7,9-11H,1H3;3H2,1-2H3;/q-1;;. The van der Waals surface area contributed by atoms with Gasteiger partial charge in [-0.3, -0.25) is 9.59 Å². The van der Waals surface area contributed by atoms with Gasteiger partial charge in [-0.15, -0.1) is 35.4 Å². The van der Waals surface area contributed by atoms with Crippen LogP contribution in [-0.2, 0) is 29.7 Å². The number of nitrogens with zero attached hydrogens (tertiary/aromatic N) is 1. The molecular weight excluding hydrogens is 490 g/mol. The van der Waals surface area contributed by atoms with Crippen molar-refractivity contribution in [2.75, 3.05) is 0 Å². The third-order valence-electron chi connectivity index (χ3n) is 3.36. The second kappa shape index (κ2) is 9.97. The Hall–Kier alpha value is -2.16. The quantitative estimate of drug-likeness (QED) is 0.383. The number of ketones is 2. The molecule has 0 aliphatic heterocycles. The van der Waals surface area contributed by atoms with Crippen LogP contribution in [0.25, 0.3) is 22.0 Å². The van der Waals surface area contributed by atoms with Crippen LogP contribution < -0.4 is 0 Å². The second-order valence-corrected chi connectivity index (χ2v) is 5.78. The number of carbonyl (C=O) groups excluding carboxylic acids is 2. The molecule has 2 aromatic carbocycles. The number of benzene rings is 2. The van der Waals surface area contributed by atoms with E-state index in [0.29, 0.717) is 0 Å². The number of rotatable bonds is 3. The summed E-state index contributed by atoms with van der Waals surface area (Å²) in [6, 6.07) is 19.7. The number of Topliss-reactive ketones (excluding diaryl/α,β-unsaturated/α-hetero) is 2. The van der Waals surface area contributed by atoms with E-state index in [2.05, 4.69) is 42.2 Å². The number of hydrogen-bond acceptors (Lipinski definition) is 3. The molecule has 0 saturated heterocycles. The van der Waals surface area contributed by atoms with E-state index in [1.54, 1.807) is 0 Å². The van der Waals surface area contributed by atoms with Crippen LogP contribution in [0.4, 0.5) is 0 Å². The maximum absolute atomic E-state index is 10.0. The molecule has 0 aliphatic carbocycles. The van der Waals surface area contributed by atoms with E-state index in [1.165, 1.54) is 30.2 Å². The summed E-state index contributed by atoms with van der Waals surface area (Å²) in [7, 11) is 0. The molecule has 1 aromatic heterocycles. The summed E-state index contributed by atoms with van der Waals surface area (Å²) in [5.41, 5.74) is 3.26. The maximum atomic E-state index is 10.0. The first-order chi connectivity index (χ1) is 11.5. The van der Waals surface area contributed by atoms with Crippen LogP contribution in [0.15, 0.2) is 54.7 Å². The molecule has 0 spiro atoms. The Bertz CT molecular complexity index is 862. The fraction of sp³-hybridized carbons (Fsp3) is 0.190. The maximum Gasteiger partial charge on any atom is 0.137 e. The van der Waals surface area contributed by atoms with Gasteiger partial charge in [0, 0.05) is 26.3 Å². The van der Waals surface area contributed by atoms with Crippen LogP contribution in [0, 0.1) is 13.0 Å². The Morgan fingerprint density at radius 1 is 1.00 bits per heavy atom. The van der Waals surface area contributed by atoms with Gasteiger partial charge in [0.15, 0.2) is 0 Å². The summed E-state index contributed by atoms with van der Waals surface area (Å²) in [6.07, 6.45) is 2.00.